The molecule has 0 radical (unpaired) electrons. The molecule has 0 fully saturated rings. The van der Waals surface area contributed by atoms with Crippen LogP contribution in [0.3, 0.4) is 0 Å². The Morgan fingerprint density at radius 1 is 1.00 bits per heavy atom. The minimum absolute atomic E-state index is 0.875. The molecule has 0 unspecified atom stereocenters. The lowest BCUT2D eigenvalue weighted by Gasteiger charge is -2.10. The first kappa shape index (κ1) is 12.4. The molecule has 1 aromatic heterocycles. The molecule has 0 spiro atoms. The maximum Gasteiger partial charge on any atom is 0.127 e. The van der Waals surface area contributed by atoms with Crippen LogP contribution in [0.2, 0.25) is 0 Å². The van der Waals surface area contributed by atoms with E-state index in [-0.39, 0.29) is 0 Å². The average Bonchev–Trinajstić information content (AvgIpc) is 2.35. The van der Waals surface area contributed by atoms with Crippen molar-refractivity contribution < 1.29 is 0 Å². The summed E-state index contributed by atoms with van der Waals surface area (Å²) in [6.45, 7) is 7.18. The first-order chi connectivity index (χ1) is 8.69. The second-order valence-corrected chi connectivity index (χ2v) is 4.38. The van der Waals surface area contributed by atoms with Gasteiger partial charge in [0.25, 0.3) is 0 Å². The van der Waals surface area contributed by atoms with Crippen LogP contribution in [0.15, 0.2) is 36.5 Å². The Kier molecular flexibility index (Phi) is 3.82. The van der Waals surface area contributed by atoms with E-state index in [0.29, 0.717) is 0 Å². The lowest BCUT2D eigenvalue weighted by Crippen LogP contribution is -2.00. The minimum Gasteiger partial charge on any atom is -0.370 e. The predicted octanol–water partition coefficient (Wildman–Crippen LogP) is 3.87. The highest BCUT2D eigenvalue weighted by Gasteiger charge is 1.99. The number of hydrogen-bond acceptors (Lipinski definition) is 3. The van der Waals surface area contributed by atoms with Gasteiger partial charge in [-0.25, -0.2) is 4.98 Å². The highest BCUT2D eigenvalue weighted by molar-refractivity contribution is 5.63. The molecule has 2 rings (SSSR count). The summed E-state index contributed by atoms with van der Waals surface area (Å²) in [6, 6.07) is 10.4. The number of benzene rings is 1. The lowest BCUT2D eigenvalue weighted by atomic mass is 10.1. The summed E-state index contributed by atoms with van der Waals surface area (Å²) in [4.78, 5) is 4.25. The number of nitrogens with one attached hydrogen (secondary N) is 2. The standard InChI is InChI=1S/C15H19N3/c1-4-16-15-10-14(7-8-17-15)18-13-6-5-11(2)12(3)9-13/h5-10H,4H2,1-3H3,(H2,16,17,18). The molecule has 0 aliphatic carbocycles. The quantitative estimate of drug-likeness (QED) is 0.853. The van der Waals surface area contributed by atoms with Crippen LogP contribution in [0.5, 0.6) is 0 Å². The molecule has 0 atom stereocenters. The van der Waals surface area contributed by atoms with Gasteiger partial charge in [0.2, 0.25) is 0 Å². The summed E-state index contributed by atoms with van der Waals surface area (Å²) in [5.41, 5.74) is 4.75. The van der Waals surface area contributed by atoms with Gasteiger partial charge in [-0.3, -0.25) is 0 Å². The summed E-state index contributed by atoms with van der Waals surface area (Å²) in [5, 5.41) is 6.59. The lowest BCUT2D eigenvalue weighted by molar-refractivity contribution is 1.16. The monoisotopic (exact) mass is 241 g/mol. The Morgan fingerprint density at radius 3 is 2.50 bits per heavy atom. The van der Waals surface area contributed by atoms with Crippen molar-refractivity contribution in [2.24, 2.45) is 0 Å². The van der Waals surface area contributed by atoms with Crippen LogP contribution < -0.4 is 10.6 Å². The van der Waals surface area contributed by atoms with Gasteiger partial charge in [0.15, 0.2) is 0 Å². The molecule has 18 heavy (non-hydrogen) atoms. The molecule has 0 amide bonds. The largest absolute Gasteiger partial charge is 0.370 e. The molecule has 0 aliphatic rings. The first-order valence-electron chi connectivity index (χ1n) is 6.23. The number of aryl methyl sites for hydroxylation is 2. The van der Waals surface area contributed by atoms with Gasteiger partial charge in [-0.1, -0.05) is 6.07 Å². The zero-order valence-electron chi connectivity index (χ0n) is 11.1. The molecule has 1 aromatic carbocycles. The molecule has 2 aromatic rings. The van der Waals surface area contributed by atoms with Gasteiger partial charge in [-0.05, 0) is 50.1 Å². The Hall–Kier alpha value is -2.03. The van der Waals surface area contributed by atoms with E-state index in [2.05, 4.69) is 54.6 Å². The maximum absolute atomic E-state index is 4.25. The summed E-state index contributed by atoms with van der Waals surface area (Å²) in [6.07, 6.45) is 1.81. The summed E-state index contributed by atoms with van der Waals surface area (Å²) < 4.78 is 0. The van der Waals surface area contributed by atoms with Gasteiger partial charge in [-0.15, -0.1) is 0 Å². The van der Waals surface area contributed by atoms with Crippen LogP contribution >= 0.6 is 0 Å². The normalized spacial score (nSPS) is 10.2. The Bertz CT molecular complexity index is 535. The van der Waals surface area contributed by atoms with Crippen LogP contribution in [-0.4, -0.2) is 11.5 Å². The van der Waals surface area contributed by atoms with E-state index in [0.717, 1.165) is 23.7 Å². The van der Waals surface area contributed by atoms with Crippen LogP contribution in [0, 0.1) is 13.8 Å². The molecule has 94 valence electrons. The second-order valence-electron chi connectivity index (χ2n) is 4.38. The molecule has 0 bridgehead atoms. The molecular weight excluding hydrogens is 222 g/mol. The van der Waals surface area contributed by atoms with E-state index in [1.54, 1.807) is 6.20 Å². The van der Waals surface area contributed by atoms with Crippen molar-refractivity contribution in [1.82, 2.24) is 4.98 Å². The smallest absolute Gasteiger partial charge is 0.127 e. The second kappa shape index (κ2) is 5.54. The minimum atomic E-state index is 0.875. The Morgan fingerprint density at radius 2 is 1.78 bits per heavy atom. The highest BCUT2D eigenvalue weighted by atomic mass is 15.0. The fraction of sp³-hybridized carbons (Fsp3) is 0.267. The van der Waals surface area contributed by atoms with Gasteiger partial charge >= 0.3 is 0 Å². The number of hydrogen-bond donors (Lipinski definition) is 2. The molecule has 0 aliphatic heterocycles. The van der Waals surface area contributed by atoms with Gasteiger partial charge in [-0.2, -0.15) is 0 Å². The summed E-state index contributed by atoms with van der Waals surface area (Å²) in [7, 11) is 0. The molecule has 3 heteroatoms. The number of pyridine rings is 1. The molecule has 3 nitrogen and oxygen atoms in total. The topological polar surface area (TPSA) is 37.0 Å². The number of anilines is 3. The highest BCUT2D eigenvalue weighted by Crippen LogP contribution is 2.20. The van der Waals surface area contributed by atoms with Crippen molar-refractivity contribution in [3.8, 4) is 0 Å². The van der Waals surface area contributed by atoms with Crippen molar-refractivity contribution in [3.63, 3.8) is 0 Å². The van der Waals surface area contributed by atoms with Gasteiger partial charge in [0.1, 0.15) is 5.82 Å². The van der Waals surface area contributed by atoms with Crippen LogP contribution in [-0.2, 0) is 0 Å². The van der Waals surface area contributed by atoms with Crippen LogP contribution in [0.4, 0.5) is 17.2 Å². The van der Waals surface area contributed by atoms with Crippen molar-refractivity contribution in [2.75, 3.05) is 17.2 Å². The molecule has 1 heterocycles. The molecule has 0 saturated heterocycles. The van der Waals surface area contributed by atoms with Crippen molar-refractivity contribution in [3.05, 3.63) is 47.7 Å². The molecular formula is C15H19N3. The number of nitrogens with zero attached hydrogens (tertiary/aromatic N) is 1. The third kappa shape index (κ3) is 3.00. The van der Waals surface area contributed by atoms with Crippen molar-refractivity contribution >= 4 is 17.2 Å². The van der Waals surface area contributed by atoms with Gasteiger partial charge < -0.3 is 10.6 Å². The van der Waals surface area contributed by atoms with E-state index in [1.165, 1.54) is 11.1 Å². The van der Waals surface area contributed by atoms with E-state index < -0.39 is 0 Å². The van der Waals surface area contributed by atoms with Crippen LogP contribution in [0.1, 0.15) is 18.1 Å². The third-order valence-electron chi connectivity index (χ3n) is 2.91. The summed E-state index contributed by atoms with van der Waals surface area (Å²) >= 11 is 0. The Balaban J connectivity index is 2.17. The average molecular weight is 241 g/mol. The fourth-order valence-corrected chi connectivity index (χ4v) is 1.77. The SMILES string of the molecule is CCNc1cc(Nc2ccc(C)c(C)c2)ccn1. The fourth-order valence-electron chi connectivity index (χ4n) is 1.77. The number of rotatable bonds is 4. The summed E-state index contributed by atoms with van der Waals surface area (Å²) in [5.74, 6) is 0.895. The predicted molar refractivity (Wildman–Crippen MR) is 77.6 cm³/mol. The maximum atomic E-state index is 4.25. The van der Waals surface area contributed by atoms with Gasteiger partial charge in [0.05, 0.1) is 0 Å². The van der Waals surface area contributed by atoms with E-state index >= 15 is 0 Å². The van der Waals surface area contributed by atoms with Crippen molar-refractivity contribution in [2.45, 2.75) is 20.8 Å². The molecule has 0 saturated carbocycles. The Labute approximate surface area is 108 Å². The van der Waals surface area contributed by atoms with E-state index in [1.807, 2.05) is 12.1 Å². The van der Waals surface area contributed by atoms with Crippen molar-refractivity contribution in [1.29, 1.82) is 0 Å². The van der Waals surface area contributed by atoms with E-state index in [9.17, 15) is 0 Å². The van der Waals surface area contributed by atoms with Gasteiger partial charge in [0, 0.05) is 30.2 Å². The molecule has 2 N–H and O–H groups in total. The van der Waals surface area contributed by atoms with E-state index in [4.69, 9.17) is 0 Å². The first-order valence-corrected chi connectivity index (χ1v) is 6.23. The van der Waals surface area contributed by atoms with Crippen LogP contribution in [0.25, 0.3) is 0 Å². The third-order valence-corrected chi connectivity index (χ3v) is 2.91. The zero-order valence-corrected chi connectivity index (χ0v) is 11.1. The zero-order chi connectivity index (χ0) is 13.0. The number of aromatic nitrogens is 1.